The molecule has 4 N–H and O–H groups in total. The summed E-state index contributed by atoms with van der Waals surface area (Å²) in [5.41, 5.74) is 0.344. The van der Waals surface area contributed by atoms with Gasteiger partial charge in [0.1, 0.15) is 6.04 Å². The molecule has 0 spiro atoms. The van der Waals surface area contributed by atoms with Gasteiger partial charge in [-0.2, -0.15) is 4.72 Å². The van der Waals surface area contributed by atoms with Crippen LogP contribution < -0.4 is 4.72 Å². The van der Waals surface area contributed by atoms with Gasteiger partial charge in [-0.05, 0) is 48.4 Å². The highest BCUT2D eigenvalue weighted by Gasteiger charge is 2.26. The minimum absolute atomic E-state index is 0.119. The van der Waals surface area contributed by atoms with Gasteiger partial charge >= 0.3 is 5.97 Å². The van der Waals surface area contributed by atoms with Crippen molar-refractivity contribution in [1.29, 1.82) is 0 Å². The first-order valence-corrected chi connectivity index (χ1v) is 8.57. The Morgan fingerprint density at radius 2 is 1.71 bits per heavy atom. The Hall–Kier alpha value is -2.29. The topological polar surface area (TPSA) is 124 Å². The predicted octanol–water partition coefficient (Wildman–Crippen LogP) is 1.73. The van der Waals surface area contributed by atoms with Gasteiger partial charge in [-0.25, -0.2) is 8.42 Å². The van der Waals surface area contributed by atoms with Crippen molar-refractivity contribution in [3.8, 4) is 11.5 Å². The van der Waals surface area contributed by atoms with Gasteiger partial charge in [-0.15, -0.1) is 0 Å². The normalized spacial score (nSPS) is 12.7. The summed E-state index contributed by atoms with van der Waals surface area (Å²) in [6.07, 6.45) is -0.212. The fraction of sp³-hybridized carbons (Fsp3) is 0.133. The lowest BCUT2D eigenvalue weighted by atomic mass is 10.1. The van der Waals surface area contributed by atoms with Gasteiger partial charge in [0.05, 0.1) is 4.90 Å². The number of sulfonamides is 1. The molecule has 0 aliphatic carbocycles. The van der Waals surface area contributed by atoms with E-state index in [-0.39, 0.29) is 17.1 Å². The van der Waals surface area contributed by atoms with E-state index in [0.717, 1.165) is 0 Å². The maximum atomic E-state index is 12.3. The Balaban J connectivity index is 2.23. The number of benzene rings is 2. The molecule has 2 aromatic carbocycles. The summed E-state index contributed by atoms with van der Waals surface area (Å²) in [6, 6.07) is 7.58. The van der Waals surface area contributed by atoms with E-state index in [4.69, 9.17) is 11.6 Å². The molecule has 1 atom stereocenters. The highest BCUT2D eigenvalue weighted by molar-refractivity contribution is 7.89. The molecule has 0 radical (unpaired) electrons. The van der Waals surface area contributed by atoms with E-state index in [0.29, 0.717) is 10.6 Å². The number of aromatic hydroxyl groups is 2. The minimum Gasteiger partial charge on any atom is -0.504 e. The molecule has 0 amide bonds. The summed E-state index contributed by atoms with van der Waals surface area (Å²) in [4.78, 5) is 11.2. The van der Waals surface area contributed by atoms with Crippen molar-refractivity contribution in [3.05, 3.63) is 53.1 Å². The van der Waals surface area contributed by atoms with Gasteiger partial charge in [0.2, 0.25) is 10.0 Å². The second-order valence-electron chi connectivity index (χ2n) is 4.99. The average Bonchev–Trinajstić information content (AvgIpc) is 2.50. The van der Waals surface area contributed by atoms with Crippen molar-refractivity contribution in [1.82, 2.24) is 4.72 Å². The van der Waals surface area contributed by atoms with Crippen molar-refractivity contribution >= 4 is 27.6 Å². The number of phenolic OH excluding ortho intramolecular Hbond substituents is 2. The van der Waals surface area contributed by atoms with Crippen LogP contribution in [-0.4, -0.2) is 35.7 Å². The molecule has 128 valence electrons. The van der Waals surface area contributed by atoms with E-state index in [9.17, 15) is 28.5 Å². The molecule has 2 aromatic rings. The number of phenols is 2. The molecule has 0 heterocycles. The standard InChI is InChI=1S/C15H14ClNO6S/c16-10-2-4-11(5-3-10)24(22,23)17-12(15(20)21)7-9-1-6-13(18)14(19)8-9/h1-6,8,12,17-19H,7H2,(H,20,21). The van der Waals surface area contributed by atoms with Crippen molar-refractivity contribution < 1.29 is 28.5 Å². The van der Waals surface area contributed by atoms with Crippen LogP contribution in [0.15, 0.2) is 47.4 Å². The fourth-order valence-electron chi connectivity index (χ4n) is 1.98. The van der Waals surface area contributed by atoms with Gasteiger partial charge in [0.25, 0.3) is 0 Å². The molecular formula is C15H14ClNO6S. The molecule has 0 aromatic heterocycles. The van der Waals surface area contributed by atoms with Crippen LogP contribution in [0.25, 0.3) is 0 Å². The van der Waals surface area contributed by atoms with Crippen LogP contribution in [-0.2, 0) is 21.2 Å². The summed E-state index contributed by atoms with van der Waals surface area (Å²) in [5.74, 6) is -2.15. The number of aliphatic carboxylic acids is 1. The number of carboxylic acids is 1. The Morgan fingerprint density at radius 3 is 2.25 bits per heavy atom. The molecule has 7 nitrogen and oxygen atoms in total. The second-order valence-corrected chi connectivity index (χ2v) is 7.14. The summed E-state index contributed by atoms with van der Waals surface area (Å²) < 4.78 is 26.6. The van der Waals surface area contributed by atoms with Crippen LogP contribution in [0.5, 0.6) is 11.5 Å². The zero-order chi connectivity index (χ0) is 17.9. The van der Waals surface area contributed by atoms with Gasteiger partial charge in [0.15, 0.2) is 11.5 Å². The van der Waals surface area contributed by atoms with Crippen molar-refractivity contribution in [2.24, 2.45) is 0 Å². The Labute approximate surface area is 143 Å². The quantitative estimate of drug-likeness (QED) is 0.573. The first-order chi connectivity index (χ1) is 11.2. The average molecular weight is 372 g/mol. The Kier molecular flexibility index (Phi) is 5.33. The zero-order valence-corrected chi connectivity index (χ0v) is 13.8. The molecule has 2 rings (SSSR count). The van der Waals surface area contributed by atoms with Gasteiger partial charge in [0, 0.05) is 5.02 Å². The monoisotopic (exact) mass is 371 g/mol. The van der Waals surface area contributed by atoms with Crippen LogP contribution in [0.4, 0.5) is 0 Å². The van der Waals surface area contributed by atoms with E-state index >= 15 is 0 Å². The molecule has 24 heavy (non-hydrogen) atoms. The second kappa shape index (κ2) is 7.08. The van der Waals surface area contributed by atoms with Gasteiger partial charge in [-0.3, -0.25) is 4.79 Å². The summed E-state index contributed by atoms with van der Waals surface area (Å²) in [6.45, 7) is 0. The first kappa shape index (κ1) is 18.1. The van der Waals surface area contributed by atoms with Crippen LogP contribution in [0, 0.1) is 0 Å². The lowest BCUT2D eigenvalue weighted by Gasteiger charge is -2.15. The number of rotatable bonds is 6. The zero-order valence-electron chi connectivity index (χ0n) is 12.2. The molecule has 0 saturated carbocycles. The highest BCUT2D eigenvalue weighted by atomic mass is 35.5. The molecular weight excluding hydrogens is 358 g/mol. The third-order valence-electron chi connectivity index (χ3n) is 3.20. The molecule has 1 unspecified atom stereocenters. The third-order valence-corrected chi connectivity index (χ3v) is 4.94. The molecule has 0 bridgehead atoms. The molecule has 0 aliphatic heterocycles. The van der Waals surface area contributed by atoms with Crippen molar-refractivity contribution in [2.75, 3.05) is 0 Å². The maximum Gasteiger partial charge on any atom is 0.322 e. The van der Waals surface area contributed by atoms with Crippen molar-refractivity contribution in [3.63, 3.8) is 0 Å². The molecule has 9 heteroatoms. The third kappa shape index (κ3) is 4.38. The molecule has 0 fully saturated rings. The lowest BCUT2D eigenvalue weighted by molar-refractivity contribution is -0.138. The number of halogens is 1. The van der Waals surface area contributed by atoms with Crippen molar-refractivity contribution in [2.45, 2.75) is 17.4 Å². The number of hydrogen-bond donors (Lipinski definition) is 4. The van der Waals surface area contributed by atoms with E-state index < -0.39 is 27.8 Å². The Morgan fingerprint density at radius 1 is 1.08 bits per heavy atom. The number of hydrogen-bond acceptors (Lipinski definition) is 5. The minimum atomic E-state index is -4.06. The smallest absolute Gasteiger partial charge is 0.322 e. The summed E-state index contributed by atoms with van der Waals surface area (Å²) in [5, 5.41) is 28.3. The summed E-state index contributed by atoms with van der Waals surface area (Å²) >= 11 is 5.70. The summed E-state index contributed by atoms with van der Waals surface area (Å²) in [7, 11) is -4.06. The number of carbonyl (C=O) groups is 1. The largest absolute Gasteiger partial charge is 0.504 e. The van der Waals surface area contributed by atoms with E-state index in [1.54, 1.807) is 0 Å². The lowest BCUT2D eigenvalue weighted by Crippen LogP contribution is -2.42. The highest BCUT2D eigenvalue weighted by Crippen LogP contribution is 2.25. The van der Waals surface area contributed by atoms with Gasteiger partial charge < -0.3 is 15.3 Å². The number of nitrogens with one attached hydrogen (secondary N) is 1. The van der Waals surface area contributed by atoms with E-state index in [2.05, 4.69) is 4.72 Å². The molecule has 0 aliphatic rings. The van der Waals surface area contributed by atoms with Crippen LogP contribution in [0.1, 0.15) is 5.56 Å². The SMILES string of the molecule is O=C(O)C(Cc1ccc(O)c(O)c1)NS(=O)(=O)c1ccc(Cl)cc1. The van der Waals surface area contributed by atoms with Crippen LogP contribution in [0.3, 0.4) is 0 Å². The predicted molar refractivity (Wildman–Crippen MR) is 86.7 cm³/mol. The fourth-order valence-corrected chi connectivity index (χ4v) is 3.30. The van der Waals surface area contributed by atoms with Crippen LogP contribution in [0.2, 0.25) is 5.02 Å². The van der Waals surface area contributed by atoms with E-state index in [1.807, 2.05) is 0 Å². The maximum absolute atomic E-state index is 12.3. The molecule has 0 saturated heterocycles. The van der Waals surface area contributed by atoms with E-state index in [1.165, 1.54) is 42.5 Å². The first-order valence-electron chi connectivity index (χ1n) is 6.70. The van der Waals surface area contributed by atoms with Crippen LogP contribution >= 0.6 is 11.6 Å². The van der Waals surface area contributed by atoms with Gasteiger partial charge in [-0.1, -0.05) is 17.7 Å². The Bertz CT molecular complexity index is 851. The number of carboxylic acid groups (broad SMARTS) is 1.